The van der Waals surface area contributed by atoms with Crippen LogP contribution in [0, 0.1) is 0 Å². The molecule has 0 aliphatic carbocycles. The second-order valence-electron chi connectivity index (χ2n) is 4.04. The Morgan fingerprint density at radius 3 is 3.12 bits per heavy atom. The third-order valence-corrected chi connectivity index (χ3v) is 3.08. The van der Waals surface area contributed by atoms with Crippen LogP contribution in [0.15, 0.2) is 30.5 Å². The molecule has 1 aromatic carbocycles. The van der Waals surface area contributed by atoms with Gasteiger partial charge in [0, 0.05) is 23.6 Å². The van der Waals surface area contributed by atoms with Gasteiger partial charge in [0.05, 0.1) is 19.3 Å². The summed E-state index contributed by atoms with van der Waals surface area (Å²) in [5, 5.41) is 12.3. The zero-order chi connectivity index (χ0) is 11.0. The summed E-state index contributed by atoms with van der Waals surface area (Å²) < 4.78 is 5.41. The zero-order valence-corrected chi connectivity index (χ0v) is 8.89. The number of hydroxylamine groups is 2. The van der Waals surface area contributed by atoms with Crippen molar-refractivity contribution in [3.05, 3.63) is 36.0 Å². The van der Waals surface area contributed by atoms with Crippen LogP contribution < -0.4 is 0 Å². The lowest BCUT2D eigenvalue weighted by molar-refractivity contribution is -0.182. The molecular weight excluding hydrogens is 204 g/mol. The monoisotopic (exact) mass is 218 g/mol. The lowest BCUT2D eigenvalue weighted by Gasteiger charge is -2.30. The molecule has 2 heterocycles. The SMILES string of the molecule is ON1CCOCC1c1c[nH]c2ccccc12. The van der Waals surface area contributed by atoms with E-state index in [1.54, 1.807) is 0 Å². The molecule has 0 radical (unpaired) electrons. The maximum absolute atomic E-state index is 9.84. The number of para-hydroxylation sites is 1. The van der Waals surface area contributed by atoms with Crippen molar-refractivity contribution in [2.75, 3.05) is 19.8 Å². The van der Waals surface area contributed by atoms with Gasteiger partial charge in [0.25, 0.3) is 0 Å². The van der Waals surface area contributed by atoms with Crippen LogP contribution in [0.1, 0.15) is 11.6 Å². The Balaban J connectivity index is 2.04. The second-order valence-corrected chi connectivity index (χ2v) is 4.04. The highest BCUT2D eigenvalue weighted by Gasteiger charge is 2.25. The Morgan fingerprint density at radius 2 is 2.25 bits per heavy atom. The summed E-state index contributed by atoms with van der Waals surface area (Å²) >= 11 is 0. The van der Waals surface area contributed by atoms with Crippen molar-refractivity contribution in [2.24, 2.45) is 0 Å². The molecule has 1 aliphatic rings. The highest BCUT2D eigenvalue weighted by Crippen LogP contribution is 2.28. The van der Waals surface area contributed by atoms with Crippen LogP contribution in [-0.2, 0) is 4.74 Å². The van der Waals surface area contributed by atoms with Gasteiger partial charge in [0.1, 0.15) is 0 Å². The van der Waals surface area contributed by atoms with E-state index in [-0.39, 0.29) is 6.04 Å². The first-order valence-corrected chi connectivity index (χ1v) is 5.45. The molecule has 84 valence electrons. The Morgan fingerprint density at radius 1 is 1.38 bits per heavy atom. The predicted molar refractivity (Wildman–Crippen MR) is 60.4 cm³/mol. The van der Waals surface area contributed by atoms with Crippen LogP contribution >= 0.6 is 0 Å². The minimum atomic E-state index is -0.0649. The number of hydrogen-bond acceptors (Lipinski definition) is 3. The van der Waals surface area contributed by atoms with Crippen LogP contribution in [0.2, 0.25) is 0 Å². The maximum atomic E-state index is 9.84. The summed E-state index contributed by atoms with van der Waals surface area (Å²) in [6.45, 7) is 1.69. The maximum Gasteiger partial charge on any atom is 0.0854 e. The van der Waals surface area contributed by atoms with E-state index >= 15 is 0 Å². The average Bonchev–Trinajstić information content (AvgIpc) is 2.74. The average molecular weight is 218 g/mol. The number of nitrogens with one attached hydrogen (secondary N) is 1. The topological polar surface area (TPSA) is 48.5 Å². The zero-order valence-electron chi connectivity index (χ0n) is 8.89. The summed E-state index contributed by atoms with van der Waals surface area (Å²) in [4.78, 5) is 3.21. The number of nitrogens with zero attached hydrogens (tertiary/aromatic N) is 1. The first-order chi connectivity index (χ1) is 7.86. The normalized spacial score (nSPS) is 22.7. The van der Waals surface area contributed by atoms with E-state index in [0.29, 0.717) is 19.8 Å². The summed E-state index contributed by atoms with van der Waals surface area (Å²) in [7, 11) is 0. The standard InChI is InChI=1S/C12H14N2O2/c15-14-5-6-16-8-12(14)10-7-13-11-4-2-1-3-9(10)11/h1-4,7,12-13,15H,5-6,8H2. The minimum absolute atomic E-state index is 0.0649. The number of fused-ring (bicyclic) bond motifs is 1. The molecule has 0 saturated carbocycles. The smallest absolute Gasteiger partial charge is 0.0854 e. The van der Waals surface area contributed by atoms with Gasteiger partial charge in [-0.2, -0.15) is 5.06 Å². The number of ether oxygens (including phenoxy) is 1. The highest BCUT2D eigenvalue weighted by atomic mass is 16.5. The molecule has 1 saturated heterocycles. The fraction of sp³-hybridized carbons (Fsp3) is 0.333. The molecule has 4 heteroatoms. The Hall–Kier alpha value is -1.36. The van der Waals surface area contributed by atoms with Crippen molar-refractivity contribution in [1.29, 1.82) is 0 Å². The van der Waals surface area contributed by atoms with E-state index in [2.05, 4.69) is 11.1 Å². The van der Waals surface area contributed by atoms with Gasteiger partial charge in [-0.25, -0.2) is 0 Å². The van der Waals surface area contributed by atoms with Gasteiger partial charge < -0.3 is 14.9 Å². The van der Waals surface area contributed by atoms with E-state index < -0.39 is 0 Å². The first-order valence-electron chi connectivity index (χ1n) is 5.45. The van der Waals surface area contributed by atoms with Crippen molar-refractivity contribution in [1.82, 2.24) is 10.0 Å². The molecule has 1 atom stereocenters. The van der Waals surface area contributed by atoms with Gasteiger partial charge in [-0.3, -0.25) is 0 Å². The number of aromatic amines is 1. The van der Waals surface area contributed by atoms with Gasteiger partial charge in [-0.15, -0.1) is 0 Å². The lowest BCUT2D eigenvalue weighted by atomic mass is 10.1. The van der Waals surface area contributed by atoms with Crippen LogP contribution in [0.3, 0.4) is 0 Å². The summed E-state index contributed by atoms with van der Waals surface area (Å²) in [6, 6.07) is 8.03. The van der Waals surface area contributed by atoms with Crippen LogP contribution in [0.4, 0.5) is 0 Å². The van der Waals surface area contributed by atoms with Gasteiger partial charge in [-0.05, 0) is 11.6 Å². The molecule has 0 amide bonds. The van der Waals surface area contributed by atoms with Gasteiger partial charge >= 0.3 is 0 Å². The van der Waals surface area contributed by atoms with E-state index in [9.17, 15) is 5.21 Å². The van der Waals surface area contributed by atoms with Crippen LogP contribution in [0.25, 0.3) is 10.9 Å². The number of benzene rings is 1. The molecule has 1 unspecified atom stereocenters. The van der Waals surface area contributed by atoms with Gasteiger partial charge in [0.2, 0.25) is 0 Å². The lowest BCUT2D eigenvalue weighted by Crippen LogP contribution is -2.36. The Bertz CT molecular complexity index is 494. The molecule has 1 fully saturated rings. The fourth-order valence-electron chi connectivity index (χ4n) is 2.21. The molecule has 0 spiro atoms. The molecule has 3 rings (SSSR count). The third-order valence-electron chi connectivity index (χ3n) is 3.08. The first kappa shape index (κ1) is 9.84. The largest absolute Gasteiger partial charge is 0.378 e. The van der Waals surface area contributed by atoms with Gasteiger partial charge in [-0.1, -0.05) is 18.2 Å². The van der Waals surface area contributed by atoms with Crippen LogP contribution in [-0.4, -0.2) is 35.0 Å². The Labute approximate surface area is 93.4 Å². The van der Waals surface area contributed by atoms with E-state index in [1.165, 1.54) is 5.06 Å². The number of morpholine rings is 1. The summed E-state index contributed by atoms with van der Waals surface area (Å²) in [5.41, 5.74) is 2.19. The van der Waals surface area contributed by atoms with Crippen molar-refractivity contribution in [3.63, 3.8) is 0 Å². The molecular formula is C12H14N2O2. The van der Waals surface area contributed by atoms with E-state index in [4.69, 9.17) is 4.74 Å². The minimum Gasteiger partial charge on any atom is -0.378 e. The highest BCUT2D eigenvalue weighted by molar-refractivity contribution is 5.83. The molecule has 2 aromatic rings. The van der Waals surface area contributed by atoms with Gasteiger partial charge in [0.15, 0.2) is 0 Å². The molecule has 1 aliphatic heterocycles. The van der Waals surface area contributed by atoms with Crippen molar-refractivity contribution < 1.29 is 9.94 Å². The second kappa shape index (κ2) is 3.90. The number of hydrogen-bond donors (Lipinski definition) is 2. The summed E-state index contributed by atoms with van der Waals surface area (Å²) in [5.74, 6) is 0. The number of H-pyrrole nitrogens is 1. The fourth-order valence-corrected chi connectivity index (χ4v) is 2.21. The molecule has 4 nitrogen and oxygen atoms in total. The third kappa shape index (κ3) is 1.51. The number of rotatable bonds is 1. The van der Waals surface area contributed by atoms with Crippen molar-refractivity contribution in [2.45, 2.75) is 6.04 Å². The van der Waals surface area contributed by atoms with E-state index in [0.717, 1.165) is 16.5 Å². The van der Waals surface area contributed by atoms with Crippen molar-refractivity contribution in [3.8, 4) is 0 Å². The number of aromatic nitrogens is 1. The van der Waals surface area contributed by atoms with E-state index in [1.807, 2.05) is 24.4 Å². The molecule has 2 N–H and O–H groups in total. The molecule has 16 heavy (non-hydrogen) atoms. The Kier molecular flexibility index (Phi) is 2.40. The predicted octanol–water partition coefficient (Wildman–Crippen LogP) is 1.93. The quantitative estimate of drug-likeness (QED) is 0.769. The summed E-state index contributed by atoms with van der Waals surface area (Å²) in [6.07, 6.45) is 1.95. The molecule has 0 bridgehead atoms. The molecule has 1 aromatic heterocycles. The van der Waals surface area contributed by atoms with Crippen LogP contribution in [0.5, 0.6) is 0 Å². The van der Waals surface area contributed by atoms with Crippen molar-refractivity contribution >= 4 is 10.9 Å².